The lowest BCUT2D eigenvalue weighted by Crippen LogP contribution is -2.35. The van der Waals surface area contributed by atoms with Crippen LogP contribution in [0.4, 0.5) is 5.69 Å². The fourth-order valence-electron chi connectivity index (χ4n) is 3.39. The number of carbonyl (C=O) groups is 2. The number of likely N-dealkylation sites (N-methyl/N-ethyl adjacent to an activating group) is 1. The van der Waals surface area contributed by atoms with Gasteiger partial charge in [0.1, 0.15) is 5.82 Å². The Bertz CT molecular complexity index is 1150. The third-order valence-electron chi connectivity index (χ3n) is 5.19. The number of carbonyl (C=O) groups excluding carboxylic acids is 2. The summed E-state index contributed by atoms with van der Waals surface area (Å²) in [5.41, 5.74) is 3.20. The predicted octanol–water partition coefficient (Wildman–Crippen LogP) is 2.58. The number of nitrogens with zero attached hydrogens (tertiary/aromatic N) is 3. The zero-order valence-corrected chi connectivity index (χ0v) is 17.7. The summed E-state index contributed by atoms with van der Waals surface area (Å²) in [4.78, 5) is 43.3. The molecular weight excluding hydrogens is 380 g/mol. The molecule has 0 aliphatic carbocycles. The molecule has 0 fully saturated rings. The summed E-state index contributed by atoms with van der Waals surface area (Å²) in [5, 5.41) is 3.44. The fourth-order valence-corrected chi connectivity index (χ4v) is 3.39. The molecule has 2 amide bonds. The quantitative estimate of drug-likeness (QED) is 0.682. The zero-order valence-electron chi connectivity index (χ0n) is 17.7. The van der Waals surface area contributed by atoms with Crippen molar-refractivity contribution < 1.29 is 9.59 Å². The van der Waals surface area contributed by atoms with Crippen molar-refractivity contribution in [2.45, 2.75) is 26.7 Å². The normalized spacial score (nSPS) is 10.8. The summed E-state index contributed by atoms with van der Waals surface area (Å²) in [6.45, 7) is 3.81. The molecule has 0 atom stereocenters. The van der Waals surface area contributed by atoms with Gasteiger partial charge in [0, 0.05) is 32.6 Å². The second-order valence-corrected chi connectivity index (χ2v) is 7.47. The van der Waals surface area contributed by atoms with Gasteiger partial charge in [0.15, 0.2) is 0 Å². The highest BCUT2D eigenvalue weighted by Gasteiger charge is 2.16. The summed E-state index contributed by atoms with van der Waals surface area (Å²) in [6, 6.07) is 12.9. The number of rotatable bonds is 6. The molecule has 7 nitrogen and oxygen atoms in total. The van der Waals surface area contributed by atoms with Gasteiger partial charge in [-0.2, -0.15) is 0 Å². The minimum atomic E-state index is -0.250. The number of anilines is 1. The van der Waals surface area contributed by atoms with E-state index in [1.807, 2.05) is 38.1 Å². The van der Waals surface area contributed by atoms with E-state index in [4.69, 9.17) is 0 Å². The summed E-state index contributed by atoms with van der Waals surface area (Å²) < 4.78 is 1.48. The molecule has 0 aliphatic rings. The molecule has 1 N–H and O–H groups in total. The Morgan fingerprint density at radius 1 is 1.07 bits per heavy atom. The van der Waals surface area contributed by atoms with E-state index >= 15 is 0 Å². The maximum Gasteiger partial charge on any atom is 0.261 e. The maximum atomic E-state index is 12.5. The first-order chi connectivity index (χ1) is 14.3. The largest absolute Gasteiger partial charge is 0.336 e. The molecular formula is C23H26N4O3. The Balaban J connectivity index is 1.62. The molecule has 0 radical (unpaired) electrons. The number of aromatic nitrogens is 2. The zero-order chi connectivity index (χ0) is 21.8. The third kappa shape index (κ3) is 4.56. The number of para-hydroxylation sites is 2. The van der Waals surface area contributed by atoms with E-state index in [1.54, 1.807) is 32.3 Å². The number of hydrogen-bond donors (Lipinski definition) is 1. The molecule has 0 saturated heterocycles. The van der Waals surface area contributed by atoms with Crippen LogP contribution in [0.5, 0.6) is 0 Å². The topological polar surface area (TPSA) is 84.3 Å². The van der Waals surface area contributed by atoms with Gasteiger partial charge in [-0.25, -0.2) is 4.98 Å². The minimum absolute atomic E-state index is 0.0450. The monoisotopic (exact) mass is 406 g/mol. The van der Waals surface area contributed by atoms with Gasteiger partial charge in [0.25, 0.3) is 5.56 Å². The van der Waals surface area contributed by atoms with Crippen LogP contribution in [0.2, 0.25) is 0 Å². The van der Waals surface area contributed by atoms with Crippen LogP contribution in [0.15, 0.2) is 47.3 Å². The molecule has 7 heteroatoms. The SMILES string of the molecule is Cc1cccc(C)c1NC(=O)CN(C)C(=O)CCc1nc2ccccc2c(=O)n1C. The first-order valence-electron chi connectivity index (χ1n) is 9.82. The highest BCUT2D eigenvalue weighted by Crippen LogP contribution is 2.19. The van der Waals surface area contributed by atoms with Crippen LogP contribution < -0.4 is 10.9 Å². The summed E-state index contributed by atoms with van der Waals surface area (Å²) in [7, 11) is 3.25. The molecule has 2 aromatic carbocycles. The van der Waals surface area contributed by atoms with E-state index in [0.717, 1.165) is 16.8 Å². The Morgan fingerprint density at radius 2 is 1.73 bits per heavy atom. The van der Waals surface area contributed by atoms with Crippen molar-refractivity contribution in [3.63, 3.8) is 0 Å². The highest BCUT2D eigenvalue weighted by atomic mass is 16.2. The Morgan fingerprint density at radius 3 is 2.43 bits per heavy atom. The lowest BCUT2D eigenvalue weighted by molar-refractivity contribution is -0.133. The summed E-state index contributed by atoms with van der Waals surface area (Å²) >= 11 is 0. The van der Waals surface area contributed by atoms with Gasteiger partial charge < -0.3 is 10.2 Å². The number of fused-ring (bicyclic) bond motifs is 1. The van der Waals surface area contributed by atoms with Gasteiger partial charge in [0.2, 0.25) is 11.8 Å². The lowest BCUT2D eigenvalue weighted by Gasteiger charge is -2.18. The first-order valence-corrected chi connectivity index (χ1v) is 9.82. The molecule has 0 saturated carbocycles. The van der Waals surface area contributed by atoms with Crippen LogP contribution in [0.25, 0.3) is 10.9 Å². The van der Waals surface area contributed by atoms with Crippen molar-refractivity contribution in [1.29, 1.82) is 0 Å². The van der Waals surface area contributed by atoms with Crippen molar-refractivity contribution in [2.24, 2.45) is 7.05 Å². The van der Waals surface area contributed by atoms with Crippen LogP contribution in [0.3, 0.4) is 0 Å². The van der Waals surface area contributed by atoms with Crippen LogP contribution >= 0.6 is 0 Å². The molecule has 3 rings (SSSR count). The van der Waals surface area contributed by atoms with Crippen LogP contribution in [-0.2, 0) is 23.1 Å². The smallest absolute Gasteiger partial charge is 0.261 e. The molecule has 0 aliphatic heterocycles. The van der Waals surface area contributed by atoms with Crippen molar-refractivity contribution in [1.82, 2.24) is 14.5 Å². The molecule has 30 heavy (non-hydrogen) atoms. The highest BCUT2D eigenvalue weighted by molar-refractivity contribution is 5.95. The van der Waals surface area contributed by atoms with Gasteiger partial charge in [-0.05, 0) is 37.1 Å². The van der Waals surface area contributed by atoms with E-state index in [9.17, 15) is 14.4 Å². The van der Waals surface area contributed by atoms with Gasteiger partial charge in [0.05, 0.1) is 17.4 Å². The Hall–Kier alpha value is -3.48. The van der Waals surface area contributed by atoms with Crippen LogP contribution in [-0.4, -0.2) is 39.9 Å². The average molecular weight is 406 g/mol. The second kappa shape index (κ2) is 8.90. The van der Waals surface area contributed by atoms with E-state index in [0.29, 0.717) is 23.1 Å². The molecule has 0 unspecified atom stereocenters. The van der Waals surface area contributed by atoms with Gasteiger partial charge in [-0.1, -0.05) is 30.3 Å². The third-order valence-corrected chi connectivity index (χ3v) is 5.19. The van der Waals surface area contributed by atoms with E-state index in [-0.39, 0.29) is 30.3 Å². The Labute approximate surface area is 175 Å². The predicted molar refractivity (Wildman–Crippen MR) is 117 cm³/mol. The van der Waals surface area contributed by atoms with Gasteiger partial charge in [-0.15, -0.1) is 0 Å². The number of aryl methyl sites for hydroxylation is 3. The number of nitrogens with one attached hydrogen (secondary N) is 1. The Kier molecular flexibility index (Phi) is 6.30. The number of amides is 2. The van der Waals surface area contributed by atoms with E-state index in [2.05, 4.69) is 10.3 Å². The fraction of sp³-hybridized carbons (Fsp3) is 0.304. The van der Waals surface area contributed by atoms with Crippen molar-refractivity contribution in [3.8, 4) is 0 Å². The standard InChI is InChI=1S/C23H26N4O3/c1-15-8-7-9-16(2)22(15)25-20(28)14-26(3)21(29)13-12-19-24-18-11-6-5-10-17(18)23(30)27(19)4/h5-11H,12-14H2,1-4H3,(H,25,28). The minimum Gasteiger partial charge on any atom is -0.336 e. The molecule has 0 bridgehead atoms. The second-order valence-electron chi connectivity index (χ2n) is 7.47. The van der Waals surface area contributed by atoms with Crippen molar-refractivity contribution in [3.05, 3.63) is 69.8 Å². The lowest BCUT2D eigenvalue weighted by atomic mass is 10.1. The number of benzene rings is 2. The van der Waals surface area contributed by atoms with E-state index in [1.165, 1.54) is 9.47 Å². The molecule has 3 aromatic rings. The first kappa shape index (κ1) is 21.2. The van der Waals surface area contributed by atoms with Crippen LogP contribution in [0.1, 0.15) is 23.4 Å². The molecule has 1 heterocycles. The number of hydrogen-bond acceptors (Lipinski definition) is 4. The van der Waals surface area contributed by atoms with E-state index < -0.39 is 0 Å². The summed E-state index contributed by atoms with van der Waals surface area (Å²) in [5.74, 6) is 0.106. The van der Waals surface area contributed by atoms with Crippen molar-refractivity contribution >= 4 is 28.4 Å². The molecule has 1 aromatic heterocycles. The maximum absolute atomic E-state index is 12.5. The summed E-state index contributed by atoms with van der Waals surface area (Å²) in [6.07, 6.45) is 0.476. The van der Waals surface area contributed by atoms with Gasteiger partial charge >= 0.3 is 0 Å². The molecule has 0 spiro atoms. The molecule has 156 valence electrons. The van der Waals surface area contributed by atoms with Crippen LogP contribution in [0, 0.1) is 13.8 Å². The van der Waals surface area contributed by atoms with Crippen molar-refractivity contribution in [2.75, 3.05) is 18.9 Å². The van der Waals surface area contributed by atoms with Gasteiger partial charge in [-0.3, -0.25) is 19.0 Å². The average Bonchev–Trinajstić information content (AvgIpc) is 2.72.